The van der Waals surface area contributed by atoms with E-state index in [0.717, 1.165) is 0 Å². The lowest BCUT2D eigenvalue weighted by Crippen LogP contribution is -2.79. The molecule has 0 saturated carbocycles. The van der Waals surface area contributed by atoms with Crippen LogP contribution in [0.25, 0.3) is 0 Å². The van der Waals surface area contributed by atoms with Crippen LogP contribution in [-0.4, -0.2) is 79.0 Å². The first kappa shape index (κ1) is 42.5. The summed E-state index contributed by atoms with van der Waals surface area (Å²) in [6.07, 6.45) is -8.16. The molecule has 0 bridgehead atoms. The third kappa shape index (κ3) is 4.73. The normalized spacial score (nSPS) is 16.9. The summed E-state index contributed by atoms with van der Waals surface area (Å²) < 4.78 is 340. The van der Waals surface area contributed by atoms with Crippen LogP contribution in [0, 0.1) is 0 Å². The van der Waals surface area contributed by atoms with Gasteiger partial charge in [-0.1, -0.05) is 38.9 Å². The zero-order chi connectivity index (χ0) is 36.6. The SMILES string of the molecule is CC[Si](CC)(CC)C(F)(F)C(F)(F)C(F)(F)C(F)(F)C(F)(F)C(F)(F)C(F)(F)C(F)(F)C(F)(F)C(F)(F)C(F)(F)C(F)(F)F. The zero-order valence-corrected chi connectivity index (χ0v) is 22.1. The van der Waals surface area contributed by atoms with Gasteiger partial charge in [-0.2, -0.15) is 101 Å². The van der Waals surface area contributed by atoms with E-state index in [1.165, 1.54) is 0 Å². The highest BCUT2D eigenvalue weighted by molar-refractivity contribution is 6.82. The van der Waals surface area contributed by atoms with Crippen LogP contribution < -0.4 is 0 Å². The molecule has 0 unspecified atom stereocenters. The summed E-state index contributed by atoms with van der Waals surface area (Å²) in [5.41, 5.74) is -6.58. The molecular weight excluding hydrogens is 719 g/mol. The van der Waals surface area contributed by atoms with Gasteiger partial charge in [0, 0.05) is 0 Å². The molecule has 0 rings (SSSR count). The quantitative estimate of drug-likeness (QED) is 0.123. The maximum atomic E-state index is 14.6. The second-order valence-corrected chi connectivity index (χ2v) is 14.5. The summed E-state index contributed by atoms with van der Waals surface area (Å²) in [5, 5.41) is 0. The van der Waals surface area contributed by atoms with E-state index in [1.54, 1.807) is 0 Å². The van der Waals surface area contributed by atoms with Gasteiger partial charge < -0.3 is 0 Å². The lowest BCUT2D eigenvalue weighted by atomic mass is 9.85. The van der Waals surface area contributed by atoms with Crippen LogP contribution in [0.4, 0.5) is 110 Å². The fourth-order valence-corrected chi connectivity index (χ4v) is 7.36. The van der Waals surface area contributed by atoms with Crippen molar-refractivity contribution in [2.24, 2.45) is 0 Å². The predicted molar refractivity (Wildman–Crippen MR) is 97.7 cm³/mol. The first-order chi connectivity index (χ1) is 18.7. The van der Waals surface area contributed by atoms with E-state index in [-0.39, 0.29) is 0 Å². The minimum absolute atomic E-state index is 0.545. The molecule has 0 saturated heterocycles. The number of halogens is 25. The molecule has 44 heavy (non-hydrogen) atoms. The van der Waals surface area contributed by atoms with Gasteiger partial charge in [0.05, 0.1) is 0 Å². The van der Waals surface area contributed by atoms with Gasteiger partial charge in [0.15, 0.2) is 0 Å². The largest absolute Gasteiger partial charge is 0.460 e. The zero-order valence-electron chi connectivity index (χ0n) is 21.1. The summed E-state index contributed by atoms with van der Waals surface area (Å²) in [6.45, 7) is 1.63. The third-order valence-corrected chi connectivity index (χ3v) is 12.7. The Kier molecular flexibility index (Phi) is 10.4. The average Bonchev–Trinajstić information content (AvgIpc) is 2.83. The molecule has 0 aromatic carbocycles. The Morgan fingerprint density at radius 2 is 0.432 bits per heavy atom. The van der Waals surface area contributed by atoms with Crippen LogP contribution in [0.15, 0.2) is 0 Å². The van der Waals surface area contributed by atoms with Crippen molar-refractivity contribution in [2.75, 3.05) is 0 Å². The van der Waals surface area contributed by atoms with E-state index in [9.17, 15) is 110 Å². The van der Waals surface area contributed by atoms with Gasteiger partial charge in [-0.25, -0.2) is 8.78 Å². The van der Waals surface area contributed by atoms with E-state index in [1.807, 2.05) is 0 Å². The van der Waals surface area contributed by atoms with Crippen LogP contribution in [0.1, 0.15) is 20.8 Å². The van der Waals surface area contributed by atoms with Gasteiger partial charge in [-0.05, 0) is 0 Å². The fraction of sp³-hybridized carbons (Fsp3) is 1.00. The van der Waals surface area contributed by atoms with Gasteiger partial charge in [0.1, 0.15) is 8.07 Å². The van der Waals surface area contributed by atoms with Crippen molar-refractivity contribution in [2.45, 2.75) is 110 Å². The minimum atomic E-state index is -9.57. The van der Waals surface area contributed by atoms with Crippen molar-refractivity contribution in [3.8, 4) is 0 Å². The standard InChI is InChI=1S/C18H15F25Si/c1-4-44(5-2,6-3)18(42,43)16(37,38)14(33,34)12(29,30)10(25,26)8(21,22)7(19,20)9(23,24)11(27,28)13(31,32)15(35,36)17(39,40)41/h4-6H2,1-3H3. The molecule has 0 aliphatic rings. The van der Waals surface area contributed by atoms with Crippen LogP contribution in [-0.2, 0) is 0 Å². The van der Waals surface area contributed by atoms with Crippen LogP contribution in [0.3, 0.4) is 0 Å². The Labute approximate surface area is 228 Å². The lowest BCUT2D eigenvalue weighted by molar-refractivity contribution is -0.480. The van der Waals surface area contributed by atoms with E-state index < -0.39 is 97.2 Å². The molecule has 0 amide bonds. The lowest BCUT2D eigenvalue weighted by Gasteiger charge is -2.47. The van der Waals surface area contributed by atoms with Crippen molar-refractivity contribution < 1.29 is 110 Å². The van der Waals surface area contributed by atoms with E-state index in [0.29, 0.717) is 20.8 Å². The summed E-state index contributed by atoms with van der Waals surface area (Å²) in [5.74, 6) is -91.0. The molecule has 0 spiro atoms. The topological polar surface area (TPSA) is 0 Å². The van der Waals surface area contributed by atoms with Gasteiger partial charge >= 0.3 is 65.4 Å². The van der Waals surface area contributed by atoms with E-state index in [4.69, 9.17) is 0 Å². The number of hydrogen-bond acceptors (Lipinski definition) is 0. The highest BCUT2D eigenvalue weighted by Crippen LogP contribution is 2.68. The molecule has 0 aliphatic heterocycles. The highest BCUT2D eigenvalue weighted by atomic mass is 28.3. The molecular formula is C18H15F25Si. The highest BCUT2D eigenvalue weighted by Gasteiger charge is 2.99. The van der Waals surface area contributed by atoms with Gasteiger partial charge in [0.2, 0.25) is 0 Å². The first-order valence-corrected chi connectivity index (χ1v) is 13.5. The van der Waals surface area contributed by atoms with Crippen molar-refractivity contribution >= 4 is 8.07 Å². The molecule has 0 N–H and O–H groups in total. The molecule has 0 radical (unpaired) electrons. The molecule has 0 fully saturated rings. The second-order valence-electron chi connectivity index (χ2n) is 9.16. The summed E-state index contributed by atoms with van der Waals surface area (Å²) in [6, 6.07) is -3.85. The molecule has 0 aliphatic carbocycles. The van der Waals surface area contributed by atoms with Crippen LogP contribution in [0.5, 0.6) is 0 Å². The smallest absolute Gasteiger partial charge is 0.205 e. The first-order valence-electron chi connectivity index (χ1n) is 10.9. The maximum absolute atomic E-state index is 14.6. The fourth-order valence-electron chi connectivity index (χ4n) is 3.70. The Balaban J connectivity index is 7.51. The van der Waals surface area contributed by atoms with Crippen molar-refractivity contribution in [3.05, 3.63) is 0 Å². The Morgan fingerprint density at radius 3 is 0.591 bits per heavy atom. The molecule has 0 heterocycles. The average molecular weight is 734 g/mol. The summed E-state index contributed by atoms with van der Waals surface area (Å²) in [7, 11) is -5.46. The Morgan fingerprint density at radius 1 is 0.273 bits per heavy atom. The molecule has 266 valence electrons. The van der Waals surface area contributed by atoms with Crippen LogP contribution >= 0.6 is 0 Å². The van der Waals surface area contributed by atoms with Gasteiger partial charge in [-0.3, -0.25) is 0 Å². The van der Waals surface area contributed by atoms with Gasteiger partial charge in [-0.15, -0.1) is 0 Å². The second kappa shape index (κ2) is 10.8. The molecule has 0 aromatic rings. The van der Waals surface area contributed by atoms with Crippen LogP contribution in [0.2, 0.25) is 18.1 Å². The molecule has 0 atom stereocenters. The summed E-state index contributed by atoms with van der Waals surface area (Å²) in [4.78, 5) is 0. The minimum Gasteiger partial charge on any atom is -0.205 e. The van der Waals surface area contributed by atoms with Crippen molar-refractivity contribution in [3.63, 3.8) is 0 Å². The van der Waals surface area contributed by atoms with E-state index >= 15 is 0 Å². The molecule has 0 nitrogen and oxygen atoms in total. The third-order valence-electron chi connectivity index (χ3n) is 7.00. The number of alkyl halides is 25. The predicted octanol–water partition coefficient (Wildman–Crippen LogP) is 10.6. The monoisotopic (exact) mass is 734 g/mol. The Hall–Kier alpha value is -1.53. The summed E-state index contributed by atoms with van der Waals surface area (Å²) >= 11 is 0. The Bertz CT molecular complexity index is 948. The van der Waals surface area contributed by atoms with Crippen molar-refractivity contribution in [1.82, 2.24) is 0 Å². The van der Waals surface area contributed by atoms with Gasteiger partial charge in [0.25, 0.3) is 5.55 Å². The number of rotatable bonds is 14. The van der Waals surface area contributed by atoms with E-state index in [2.05, 4.69) is 0 Å². The molecule has 26 heteroatoms. The van der Waals surface area contributed by atoms with Crippen molar-refractivity contribution in [1.29, 1.82) is 0 Å². The maximum Gasteiger partial charge on any atom is 0.460 e. The number of hydrogen-bond donors (Lipinski definition) is 0. The molecule has 0 aromatic heterocycles.